The Morgan fingerprint density at radius 3 is 2.44 bits per heavy atom. The lowest BCUT2D eigenvalue weighted by atomic mass is 10.2. The Balaban J connectivity index is 1.43. The largest absolute Gasteiger partial charge is 0.383 e. The maximum Gasteiger partial charge on any atom is 0.266 e. The van der Waals surface area contributed by atoms with Crippen LogP contribution in [0.3, 0.4) is 0 Å². The Morgan fingerprint density at radius 1 is 1.11 bits per heavy atom. The Kier molecular flexibility index (Phi) is 6.85. The van der Waals surface area contributed by atoms with Gasteiger partial charge in [-0.05, 0) is 30.2 Å². The van der Waals surface area contributed by atoms with Crippen molar-refractivity contribution in [3.63, 3.8) is 0 Å². The summed E-state index contributed by atoms with van der Waals surface area (Å²) in [6, 6.07) is 17.6. The molecule has 27 heavy (non-hydrogen) atoms. The summed E-state index contributed by atoms with van der Waals surface area (Å²) in [4.78, 5) is 22.1. The molecule has 0 N–H and O–H groups in total. The highest BCUT2D eigenvalue weighted by molar-refractivity contribution is 6.30. The standard InChI is InChI=1S/C21H24ClN3O2/c1-17(27-23-15-18-7-9-20(22)10-8-18)21(26)25-13-11-24(12-14-25)16-19-5-3-2-4-6-19/h2-10,15,17H,11-14,16H2,1H3/b23-15-/t17-/m0/s1. The molecule has 6 heteroatoms. The van der Waals surface area contributed by atoms with Crippen LogP contribution < -0.4 is 0 Å². The second-order valence-corrected chi connectivity index (χ2v) is 7.06. The van der Waals surface area contributed by atoms with E-state index in [1.54, 1.807) is 25.3 Å². The van der Waals surface area contributed by atoms with Crippen molar-refractivity contribution >= 4 is 23.7 Å². The molecule has 0 aromatic heterocycles. The maximum atomic E-state index is 12.5. The molecule has 1 aliphatic rings. The van der Waals surface area contributed by atoms with Crippen LogP contribution in [0.4, 0.5) is 0 Å². The van der Waals surface area contributed by atoms with Gasteiger partial charge in [0.25, 0.3) is 5.91 Å². The molecule has 0 spiro atoms. The van der Waals surface area contributed by atoms with Gasteiger partial charge in [0.05, 0.1) is 6.21 Å². The van der Waals surface area contributed by atoms with Crippen molar-refractivity contribution in [2.75, 3.05) is 26.2 Å². The third kappa shape index (κ3) is 5.81. The molecular formula is C21H24ClN3O2. The highest BCUT2D eigenvalue weighted by Crippen LogP contribution is 2.11. The Morgan fingerprint density at radius 2 is 1.78 bits per heavy atom. The van der Waals surface area contributed by atoms with E-state index < -0.39 is 6.10 Å². The topological polar surface area (TPSA) is 45.1 Å². The molecule has 1 amide bonds. The number of carbonyl (C=O) groups is 1. The number of carbonyl (C=O) groups excluding carboxylic acids is 1. The predicted octanol–water partition coefficient (Wildman–Crippen LogP) is 3.42. The lowest BCUT2D eigenvalue weighted by molar-refractivity contribution is -0.144. The molecular weight excluding hydrogens is 362 g/mol. The molecule has 1 saturated heterocycles. The third-order valence-corrected chi connectivity index (χ3v) is 4.82. The van der Waals surface area contributed by atoms with Gasteiger partial charge in [-0.1, -0.05) is 59.2 Å². The molecule has 2 aromatic carbocycles. The average Bonchev–Trinajstić information content (AvgIpc) is 2.70. The number of halogens is 1. The molecule has 142 valence electrons. The summed E-state index contributed by atoms with van der Waals surface area (Å²) in [5.41, 5.74) is 2.17. The number of nitrogens with zero attached hydrogens (tertiary/aromatic N) is 3. The number of benzene rings is 2. The SMILES string of the molecule is C[C@H](O/N=C\c1ccc(Cl)cc1)C(=O)N1CCN(Cc2ccccc2)CC1. The number of amides is 1. The van der Waals surface area contributed by atoms with Crippen molar-refractivity contribution in [2.24, 2.45) is 5.16 Å². The van der Waals surface area contributed by atoms with Crippen LogP contribution in [0.15, 0.2) is 59.8 Å². The van der Waals surface area contributed by atoms with Crippen molar-refractivity contribution < 1.29 is 9.63 Å². The molecule has 0 unspecified atom stereocenters. The van der Waals surface area contributed by atoms with E-state index >= 15 is 0 Å². The Hall–Kier alpha value is -2.37. The van der Waals surface area contributed by atoms with Crippen molar-refractivity contribution in [1.82, 2.24) is 9.80 Å². The normalized spacial score (nSPS) is 16.4. The molecule has 1 atom stereocenters. The van der Waals surface area contributed by atoms with Crippen LogP contribution in [0.2, 0.25) is 5.02 Å². The fourth-order valence-electron chi connectivity index (χ4n) is 3.00. The highest BCUT2D eigenvalue weighted by atomic mass is 35.5. The number of oxime groups is 1. The van der Waals surface area contributed by atoms with Crippen LogP contribution in [-0.2, 0) is 16.2 Å². The first-order valence-electron chi connectivity index (χ1n) is 9.11. The van der Waals surface area contributed by atoms with Crippen molar-refractivity contribution in [1.29, 1.82) is 0 Å². The second kappa shape index (κ2) is 9.53. The van der Waals surface area contributed by atoms with Gasteiger partial charge in [0.2, 0.25) is 6.10 Å². The van der Waals surface area contributed by atoms with Crippen LogP contribution in [0.25, 0.3) is 0 Å². The monoisotopic (exact) mass is 385 g/mol. The van der Waals surface area contributed by atoms with Gasteiger partial charge in [-0.25, -0.2) is 0 Å². The Labute approximate surface area is 165 Å². The van der Waals surface area contributed by atoms with Crippen molar-refractivity contribution in [3.8, 4) is 0 Å². The zero-order chi connectivity index (χ0) is 19.1. The number of hydrogen-bond acceptors (Lipinski definition) is 4. The van der Waals surface area contributed by atoms with Crippen molar-refractivity contribution in [2.45, 2.75) is 19.6 Å². The summed E-state index contributed by atoms with van der Waals surface area (Å²) >= 11 is 5.85. The first-order valence-corrected chi connectivity index (χ1v) is 9.49. The number of piperazine rings is 1. The van der Waals surface area contributed by atoms with Gasteiger partial charge in [0.15, 0.2) is 0 Å². The molecule has 1 heterocycles. The van der Waals surface area contributed by atoms with E-state index in [1.165, 1.54) is 5.56 Å². The summed E-state index contributed by atoms with van der Waals surface area (Å²) < 4.78 is 0. The smallest absolute Gasteiger partial charge is 0.266 e. The molecule has 1 fully saturated rings. The maximum absolute atomic E-state index is 12.5. The van der Waals surface area contributed by atoms with Crippen LogP contribution in [0, 0.1) is 0 Å². The third-order valence-electron chi connectivity index (χ3n) is 4.57. The first-order chi connectivity index (χ1) is 13.1. The fraction of sp³-hybridized carbons (Fsp3) is 0.333. The quantitative estimate of drug-likeness (QED) is 0.565. The van der Waals surface area contributed by atoms with Gasteiger partial charge in [0, 0.05) is 37.7 Å². The zero-order valence-corrected chi connectivity index (χ0v) is 16.2. The van der Waals surface area contributed by atoms with Crippen LogP contribution in [0.5, 0.6) is 0 Å². The first kappa shape index (κ1) is 19.4. The lowest BCUT2D eigenvalue weighted by Gasteiger charge is -2.35. The van der Waals surface area contributed by atoms with E-state index in [4.69, 9.17) is 16.4 Å². The van der Waals surface area contributed by atoms with Gasteiger partial charge < -0.3 is 9.74 Å². The zero-order valence-electron chi connectivity index (χ0n) is 15.4. The van der Waals surface area contributed by atoms with Crippen molar-refractivity contribution in [3.05, 3.63) is 70.7 Å². The molecule has 0 saturated carbocycles. The van der Waals surface area contributed by atoms with E-state index in [-0.39, 0.29) is 5.91 Å². The van der Waals surface area contributed by atoms with Gasteiger partial charge in [-0.15, -0.1) is 0 Å². The summed E-state index contributed by atoms with van der Waals surface area (Å²) in [5.74, 6) is -0.0254. The van der Waals surface area contributed by atoms with Gasteiger partial charge in [-0.3, -0.25) is 9.69 Å². The van der Waals surface area contributed by atoms with Gasteiger partial charge in [0.1, 0.15) is 0 Å². The minimum Gasteiger partial charge on any atom is -0.383 e. The molecule has 3 rings (SSSR count). The van der Waals surface area contributed by atoms with Crippen LogP contribution in [0.1, 0.15) is 18.1 Å². The molecule has 5 nitrogen and oxygen atoms in total. The van der Waals surface area contributed by atoms with E-state index in [2.05, 4.69) is 34.3 Å². The highest BCUT2D eigenvalue weighted by Gasteiger charge is 2.26. The van der Waals surface area contributed by atoms with E-state index in [0.29, 0.717) is 18.1 Å². The molecule has 1 aliphatic heterocycles. The predicted molar refractivity (Wildman–Crippen MR) is 108 cm³/mol. The van der Waals surface area contributed by atoms with Crippen LogP contribution >= 0.6 is 11.6 Å². The summed E-state index contributed by atoms with van der Waals surface area (Å²) in [6.07, 6.45) is 0.979. The summed E-state index contributed by atoms with van der Waals surface area (Å²) in [5, 5.41) is 4.60. The van der Waals surface area contributed by atoms with Crippen LogP contribution in [-0.4, -0.2) is 54.2 Å². The fourth-order valence-corrected chi connectivity index (χ4v) is 3.13. The Bertz CT molecular complexity index is 757. The number of hydrogen-bond donors (Lipinski definition) is 0. The summed E-state index contributed by atoms with van der Waals surface area (Å²) in [6.45, 7) is 5.79. The van der Waals surface area contributed by atoms with Gasteiger partial charge >= 0.3 is 0 Å². The van der Waals surface area contributed by atoms with E-state index in [1.807, 2.05) is 23.1 Å². The second-order valence-electron chi connectivity index (χ2n) is 6.62. The molecule has 0 radical (unpaired) electrons. The van der Waals surface area contributed by atoms with E-state index in [9.17, 15) is 4.79 Å². The molecule has 2 aromatic rings. The summed E-state index contributed by atoms with van der Waals surface area (Å²) in [7, 11) is 0. The lowest BCUT2D eigenvalue weighted by Crippen LogP contribution is -2.50. The molecule has 0 aliphatic carbocycles. The van der Waals surface area contributed by atoms with E-state index in [0.717, 1.165) is 25.2 Å². The minimum absolute atomic E-state index is 0.0254. The van der Waals surface area contributed by atoms with Gasteiger partial charge in [-0.2, -0.15) is 0 Å². The number of rotatable bonds is 6. The average molecular weight is 386 g/mol. The molecule has 0 bridgehead atoms. The minimum atomic E-state index is -0.603.